The van der Waals surface area contributed by atoms with Gasteiger partial charge in [-0.2, -0.15) is 0 Å². The molecular formula is C20H26N2O4S2. The first-order valence-electron chi connectivity index (χ1n) is 9.52. The smallest absolute Gasteiger partial charge is 0.251 e. The van der Waals surface area contributed by atoms with Crippen LogP contribution < -0.4 is 10.0 Å². The maximum atomic E-state index is 12.3. The van der Waals surface area contributed by atoms with Crippen molar-refractivity contribution < 1.29 is 17.9 Å². The molecule has 152 valence electrons. The topological polar surface area (TPSA) is 84.5 Å². The van der Waals surface area contributed by atoms with Crippen molar-refractivity contribution in [3.05, 3.63) is 52.2 Å². The van der Waals surface area contributed by atoms with Gasteiger partial charge in [-0.15, -0.1) is 11.3 Å². The molecule has 0 bridgehead atoms. The predicted octanol–water partition coefficient (Wildman–Crippen LogP) is 2.82. The van der Waals surface area contributed by atoms with E-state index in [0.717, 1.165) is 23.8 Å². The summed E-state index contributed by atoms with van der Waals surface area (Å²) in [7, 11) is -3.58. The van der Waals surface area contributed by atoms with Crippen LogP contribution in [-0.4, -0.2) is 40.6 Å². The molecule has 2 N–H and O–H groups in total. The van der Waals surface area contributed by atoms with E-state index in [1.165, 1.54) is 37.1 Å². The van der Waals surface area contributed by atoms with Crippen LogP contribution in [0.1, 0.15) is 34.5 Å². The van der Waals surface area contributed by atoms with Gasteiger partial charge in [0, 0.05) is 36.7 Å². The molecule has 0 unspecified atom stereocenters. The lowest BCUT2D eigenvalue weighted by Gasteiger charge is -2.08. The van der Waals surface area contributed by atoms with E-state index in [0.29, 0.717) is 31.7 Å². The summed E-state index contributed by atoms with van der Waals surface area (Å²) in [5.41, 5.74) is 0.441. The van der Waals surface area contributed by atoms with Crippen LogP contribution in [0.5, 0.6) is 0 Å². The van der Waals surface area contributed by atoms with Gasteiger partial charge in [0.1, 0.15) is 0 Å². The standard InChI is InChI=1S/C20H26N2O4S2/c23-20(21-11-2-13-26-15-16-4-5-16)17-6-8-19(9-7-17)28(24,25)22-12-10-18-3-1-14-27-18/h1,3,6-9,14,16,22H,2,4-5,10-13,15H2,(H,21,23). The molecular weight excluding hydrogens is 396 g/mol. The zero-order valence-corrected chi connectivity index (χ0v) is 17.4. The maximum absolute atomic E-state index is 12.3. The van der Waals surface area contributed by atoms with Gasteiger partial charge in [0.15, 0.2) is 0 Å². The number of hydrogen-bond acceptors (Lipinski definition) is 5. The molecule has 3 rings (SSSR count). The number of thiophene rings is 1. The number of amides is 1. The van der Waals surface area contributed by atoms with Crippen LogP contribution >= 0.6 is 11.3 Å². The first-order valence-corrected chi connectivity index (χ1v) is 11.9. The van der Waals surface area contributed by atoms with Crippen LogP contribution in [0, 0.1) is 5.92 Å². The van der Waals surface area contributed by atoms with E-state index in [1.54, 1.807) is 11.3 Å². The van der Waals surface area contributed by atoms with Gasteiger partial charge in [-0.3, -0.25) is 4.79 Å². The van der Waals surface area contributed by atoms with Crippen molar-refractivity contribution in [1.82, 2.24) is 10.0 Å². The second-order valence-electron chi connectivity index (χ2n) is 6.88. The van der Waals surface area contributed by atoms with Gasteiger partial charge in [-0.25, -0.2) is 13.1 Å². The molecule has 28 heavy (non-hydrogen) atoms. The van der Waals surface area contributed by atoms with Crippen molar-refractivity contribution in [3.63, 3.8) is 0 Å². The van der Waals surface area contributed by atoms with Crippen LogP contribution in [-0.2, 0) is 21.2 Å². The number of sulfonamides is 1. The lowest BCUT2D eigenvalue weighted by molar-refractivity contribution is 0.0937. The summed E-state index contributed by atoms with van der Waals surface area (Å²) in [6, 6.07) is 9.91. The Kier molecular flexibility index (Phi) is 7.61. The molecule has 0 radical (unpaired) electrons. The van der Waals surface area contributed by atoms with E-state index >= 15 is 0 Å². The summed E-state index contributed by atoms with van der Waals surface area (Å²) < 4.78 is 32.8. The van der Waals surface area contributed by atoms with Crippen LogP contribution in [0.4, 0.5) is 0 Å². The van der Waals surface area contributed by atoms with E-state index in [9.17, 15) is 13.2 Å². The van der Waals surface area contributed by atoms with Gasteiger partial charge in [0.05, 0.1) is 4.90 Å². The average molecular weight is 423 g/mol. The summed E-state index contributed by atoms with van der Waals surface area (Å²) in [5, 5.41) is 4.80. The van der Waals surface area contributed by atoms with E-state index in [-0.39, 0.29) is 10.8 Å². The third-order valence-electron chi connectivity index (χ3n) is 4.47. The van der Waals surface area contributed by atoms with E-state index in [4.69, 9.17) is 4.74 Å². The number of nitrogens with one attached hydrogen (secondary N) is 2. The molecule has 0 aliphatic heterocycles. The highest BCUT2D eigenvalue weighted by Gasteiger charge is 2.20. The Bertz CT molecular complexity index is 845. The molecule has 1 aliphatic carbocycles. The zero-order chi connectivity index (χ0) is 19.8. The molecule has 2 aromatic rings. The van der Waals surface area contributed by atoms with Crippen molar-refractivity contribution >= 4 is 27.3 Å². The maximum Gasteiger partial charge on any atom is 0.251 e. The second-order valence-corrected chi connectivity index (χ2v) is 9.68. The van der Waals surface area contributed by atoms with Crippen LogP contribution in [0.25, 0.3) is 0 Å². The largest absolute Gasteiger partial charge is 0.381 e. The molecule has 0 atom stereocenters. The van der Waals surface area contributed by atoms with Crippen molar-refractivity contribution in [1.29, 1.82) is 0 Å². The first-order chi connectivity index (χ1) is 13.5. The van der Waals surface area contributed by atoms with Crippen molar-refractivity contribution in [2.75, 3.05) is 26.3 Å². The number of benzene rings is 1. The minimum absolute atomic E-state index is 0.156. The van der Waals surface area contributed by atoms with Crippen LogP contribution in [0.15, 0.2) is 46.7 Å². The predicted molar refractivity (Wildman–Crippen MR) is 110 cm³/mol. The highest BCUT2D eigenvalue weighted by molar-refractivity contribution is 7.89. The highest BCUT2D eigenvalue weighted by Crippen LogP contribution is 2.28. The number of rotatable bonds is 12. The Morgan fingerprint density at radius 3 is 2.61 bits per heavy atom. The molecule has 1 amide bonds. The van der Waals surface area contributed by atoms with Crippen molar-refractivity contribution in [3.8, 4) is 0 Å². The Balaban J connectivity index is 1.40. The van der Waals surface area contributed by atoms with Crippen molar-refractivity contribution in [2.24, 2.45) is 5.92 Å². The average Bonchev–Trinajstić information content (AvgIpc) is 3.37. The van der Waals surface area contributed by atoms with E-state index in [2.05, 4.69) is 10.0 Å². The summed E-state index contributed by atoms with van der Waals surface area (Å²) in [6.07, 6.45) is 3.96. The molecule has 0 spiro atoms. The van der Waals surface area contributed by atoms with Crippen molar-refractivity contribution in [2.45, 2.75) is 30.6 Å². The molecule has 0 saturated heterocycles. The molecule has 1 saturated carbocycles. The third-order valence-corrected chi connectivity index (χ3v) is 6.88. The molecule has 1 heterocycles. The minimum Gasteiger partial charge on any atom is -0.381 e. The first kappa shape index (κ1) is 21.0. The quantitative estimate of drug-likeness (QED) is 0.515. The van der Waals surface area contributed by atoms with Gasteiger partial charge >= 0.3 is 0 Å². The lowest BCUT2D eigenvalue weighted by Crippen LogP contribution is -2.27. The molecule has 1 aromatic heterocycles. The summed E-state index contributed by atoms with van der Waals surface area (Å²) in [5.74, 6) is 0.534. The lowest BCUT2D eigenvalue weighted by atomic mass is 10.2. The van der Waals surface area contributed by atoms with Gasteiger partial charge < -0.3 is 10.1 Å². The Hall–Kier alpha value is -1.74. The fraction of sp³-hybridized carbons (Fsp3) is 0.450. The zero-order valence-electron chi connectivity index (χ0n) is 15.7. The Morgan fingerprint density at radius 1 is 1.14 bits per heavy atom. The highest BCUT2D eigenvalue weighted by atomic mass is 32.2. The molecule has 1 aliphatic rings. The summed E-state index contributed by atoms with van der Waals surface area (Å²) in [6.45, 7) is 2.35. The van der Waals surface area contributed by atoms with Crippen LogP contribution in [0.2, 0.25) is 0 Å². The molecule has 8 heteroatoms. The number of ether oxygens (including phenoxy) is 1. The fourth-order valence-corrected chi connectivity index (χ4v) is 4.39. The monoisotopic (exact) mass is 422 g/mol. The number of hydrogen-bond donors (Lipinski definition) is 2. The van der Waals surface area contributed by atoms with E-state index in [1.807, 2.05) is 17.5 Å². The molecule has 1 fully saturated rings. The number of carbonyl (C=O) groups is 1. The Morgan fingerprint density at radius 2 is 1.93 bits per heavy atom. The van der Waals surface area contributed by atoms with E-state index < -0.39 is 10.0 Å². The third kappa shape index (κ3) is 6.70. The van der Waals surface area contributed by atoms with Crippen LogP contribution in [0.3, 0.4) is 0 Å². The van der Waals surface area contributed by atoms with Gasteiger partial charge in [0.2, 0.25) is 10.0 Å². The van der Waals surface area contributed by atoms with Gasteiger partial charge in [-0.05, 0) is 67.3 Å². The Labute approximate surface area is 170 Å². The molecule has 1 aromatic carbocycles. The van der Waals surface area contributed by atoms with Gasteiger partial charge in [0.25, 0.3) is 5.91 Å². The normalized spacial score (nSPS) is 14.1. The summed E-state index contributed by atoms with van der Waals surface area (Å²) in [4.78, 5) is 13.4. The minimum atomic E-state index is -3.58. The second kappa shape index (κ2) is 10.2. The SMILES string of the molecule is O=C(NCCCOCC1CC1)c1ccc(S(=O)(=O)NCCc2cccs2)cc1. The number of carbonyl (C=O) groups excluding carboxylic acids is 1. The molecule has 6 nitrogen and oxygen atoms in total. The summed E-state index contributed by atoms with van der Waals surface area (Å²) >= 11 is 1.60. The fourth-order valence-electron chi connectivity index (χ4n) is 2.64. The van der Waals surface area contributed by atoms with Gasteiger partial charge in [-0.1, -0.05) is 6.07 Å².